The fourth-order valence-corrected chi connectivity index (χ4v) is 2.30. The first kappa shape index (κ1) is 12.8. The molecule has 2 nitrogen and oxygen atoms in total. The Hall–Kier alpha value is -0.240. The molecular weight excluding hydrogens is 210 g/mol. The molecule has 1 amide bonds. The number of amides is 1. The Balaban J connectivity index is 2.40. The molecule has 0 aromatic carbocycles. The summed E-state index contributed by atoms with van der Waals surface area (Å²) >= 11 is 5.70. The van der Waals surface area contributed by atoms with Crippen LogP contribution in [0.25, 0.3) is 0 Å². The number of nitrogens with zero attached hydrogens (tertiary/aromatic N) is 1. The van der Waals surface area contributed by atoms with Gasteiger partial charge in [0.2, 0.25) is 5.91 Å². The van der Waals surface area contributed by atoms with Crippen molar-refractivity contribution >= 4 is 17.5 Å². The lowest BCUT2D eigenvalue weighted by molar-refractivity contribution is -0.135. The summed E-state index contributed by atoms with van der Waals surface area (Å²) in [5.41, 5.74) is 0. The van der Waals surface area contributed by atoms with Gasteiger partial charge in [0.15, 0.2) is 0 Å². The van der Waals surface area contributed by atoms with Crippen LogP contribution in [0.5, 0.6) is 0 Å². The van der Waals surface area contributed by atoms with Crippen LogP contribution in [0.3, 0.4) is 0 Å². The van der Waals surface area contributed by atoms with E-state index in [0.29, 0.717) is 5.88 Å². The van der Waals surface area contributed by atoms with Gasteiger partial charge >= 0.3 is 0 Å². The monoisotopic (exact) mass is 231 g/mol. The number of carbonyl (C=O) groups is 1. The first-order chi connectivity index (χ1) is 7.06. The second kappa shape index (κ2) is 5.74. The maximum atomic E-state index is 11.8. The molecule has 0 spiro atoms. The van der Waals surface area contributed by atoms with Crippen LogP contribution in [-0.4, -0.2) is 29.8 Å². The van der Waals surface area contributed by atoms with Crippen LogP contribution < -0.4 is 0 Å². The van der Waals surface area contributed by atoms with Crippen molar-refractivity contribution in [1.82, 2.24) is 4.90 Å². The van der Waals surface area contributed by atoms with E-state index in [4.69, 9.17) is 11.6 Å². The van der Waals surface area contributed by atoms with Crippen LogP contribution in [0.1, 0.15) is 33.6 Å². The van der Waals surface area contributed by atoms with E-state index in [9.17, 15) is 4.79 Å². The lowest BCUT2D eigenvalue weighted by Gasteiger charge is -2.35. The van der Waals surface area contributed by atoms with E-state index in [-0.39, 0.29) is 11.8 Å². The predicted molar refractivity (Wildman–Crippen MR) is 64.0 cm³/mol. The van der Waals surface area contributed by atoms with Crippen molar-refractivity contribution in [3.8, 4) is 0 Å². The van der Waals surface area contributed by atoms with Gasteiger partial charge in [-0.3, -0.25) is 4.79 Å². The molecule has 1 aliphatic rings. The minimum Gasteiger partial charge on any atom is -0.342 e. The highest BCUT2D eigenvalue weighted by Crippen LogP contribution is 2.25. The fourth-order valence-electron chi connectivity index (χ4n) is 2.16. The summed E-state index contributed by atoms with van der Waals surface area (Å²) in [5, 5.41) is 0. The molecule has 1 aliphatic heterocycles. The van der Waals surface area contributed by atoms with E-state index >= 15 is 0 Å². The summed E-state index contributed by atoms with van der Waals surface area (Å²) in [6.45, 7) is 8.28. The Morgan fingerprint density at radius 3 is 2.27 bits per heavy atom. The highest BCUT2D eigenvalue weighted by molar-refractivity contribution is 6.19. The summed E-state index contributed by atoms with van der Waals surface area (Å²) in [5.74, 6) is 2.17. The van der Waals surface area contributed by atoms with Gasteiger partial charge in [0.05, 0.1) is 0 Å². The van der Waals surface area contributed by atoms with Gasteiger partial charge in [-0.05, 0) is 24.7 Å². The number of likely N-dealkylation sites (tertiary alicyclic amines) is 1. The fraction of sp³-hybridized carbons (Fsp3) is 0.917. The van der Waals surface area contributed by atoms with Crippen molar-refractivity contribution < 1.29 is 4.79 Å². The molecule has 15 heavy (non-hydrogen) atoms. The molecule has 1 heterocycles. The van der Waals surface area contributed by atoms with E-state index in [0.717, 1.165) is 37.8 Å². The molecule has 0 bridgehead atoms. The van der Waals surface area contributed by atoms with Gasteiger partial charge in [-0.15, -0.1) is 11.6 Å². The number of halogens is 1. The Kier molecular flexibility index (Phi) is 4.91. The molecule has 0 saturated carbocycles. The molecular formula is C12H22ClNO. The average Bonchev–Trinajstić information content (AvgIpc) is 2.27. The van der Waals surface area contributed by atoms with Crippen molar-refractivity contribution in [2.75, 3.05) is 19.0 Å². The van der Waals surface area contributed by atoms with Crippen LogP contribution in [0.2, 0.25) is 0 Å². The Morgan fingerprint density at radius 2 is 1.87 bits per heavy atom. The number of carbonyl (C=O) groups excluding carboxylic acids is 1. The quantitative estimate of drug-likeness (QED) is 0.684. The van der Waals surface area contributed by atoms with Gasteiger partial charge < -0.3 is 4.90 Å². The van der Waals surface area contributed by atoms with E-state index in [1.54, 1.807) is 0 Å². The molecule has 1 saturated heterocycles. The van der Waals surface area contributed by atoms with Gasteiger partial charge in [-0.1, -0.05) is 20.8 Å². The first-order valence-corrected chi connectivity index (χ1v) is 6.44. The van der Waals surface area contributed by atoms with Crippen molar-refractivity contribution in [3.63, 3.8) is 0 Å². The number of hydrogen-bond acceptors (Lipinski definition) is 1. The van der Waals surface area contributed by atoms with Crippen LogP contribution in [0.4, 0.5) is 0 Å². The van der Waals surface area contributed by atoms with E-state index in [1.807, 2.05) is 11.8 Å². The van der Waals surface area contributed by atoms with Crippen LogP contribution >= 0.6 is 11.6 Å². The zero-order valence-corrected chi connectivity index (χ0v) is 10.8. The lowest BCUT2D eigenvalue weighted by Crippen LogP contribution is -2.42. The molecule has 1 unspecified atom stereocenters. The molecule has 0 N–H and O–H groups in total. The topological polar surface area (TPSA) is 20.3 Å². The lowest BCUT2D eigenvalue weighted by atomic mass is 9.86. The van der Waals surface area contributed by atoms with Gasteiger partial charge in [0.1, 0.15) is 0 Å². The molecule has 1 fully saturated rings. The minimum atomic E-state index is -0.0257. The normalized spacial score (nSPS) is 20.7. The number of rotatable bonds is 3. The second-order valence-electron chi connectivity index (χ2n) is 4.96. The third kappa shape index (κ3) is 3.37. The largest absolute Gasteiger partial charge is 0.342 e. The molecule has 0 aromatic heterocycles. The Morgan fingerprint density at radius 1 is 1.33 bits per heavy atom. The summed E-state index contributed by atoms with van der Waals surface area (Å²) in [6, 6.07) is 0. The summed E-state index contributed by atoms with van der Waals surface area (Å²) in [7, 11) is 0. The second-order valence-corrected chi connectivity index (χ2v) is 5.27. The molecule has 3 heteroatoms. The van der Waals surface area contributed by atoms with Crippen molar-refractivity contribution in [3.05, 3.63) is 0 Å². The van der Waals surface area contributed by atoms with E-state index in [1.165, 1.54) is 0 Å². The van der Waals surface area contributed by atoms with Crippen molar-refractivity contribution in [1.29, 1.82) is 0 Å². The number of alkyl halides is 1. The maximum Gasteiger partial charge on any atom is 0.226 e. The van der Waals surface area contributed by atoms with Gasteiger partial charge in [-0.25, -0.2) is 0 Å². The number of piperidine rings is 1. The first-order valence-electron chi connectivity index (χ1n) is 5.91. The minimum absolute atomic E-state index is 0.0257. The molecule has 1 rings (SSSR count). The molecule has 88 valence electrons. The average molecular weight is 232 g/mol. The van der Waals surface area contributed by atoms with Crippen LogP contribution in [0.15, 0.2) is 0 Å². The SMILES string of the molecule is CC(CCl)C(=O)N1CCC(C(C)C)CC1. The molecule has 0 aliphatic carbocycles. The van der Waals surface area contributed by atoms with Gasteiger partial charge in [-0.2, -0.15) is 0 Å². The predicted octanol–water partition coefficient (Wildman–Crippen LogP) is 2.76. The van der Waals surface area contributed by atoms with Crippen LogP contribution in [0, 0.1) is 17.8 Å². The molecule has 0 aromatic rings. The van der Waals surface area contributed by atoms with Gasteiger partial charge in [0.25, 0.3) is 0 Å². The van der Waals surface area contributed by atoms with E-state index in [2.05, 4.69) is 13.8 Å². The van der Waals surface area contributed by atoms with E-state index < -0.39 is 0 Å². The highest BCUT2D eigenvalue weighted by atomic mass is 35.5. The Bertz CT molecular complexity index is 210. The highest BCUT2D eigenvalue weighted by Gasteiger charge is 2.26. The third-order valence-corrected chi connectivity index (χ3v) is 3.91. The van der Waals surface area contributed by atoms with Crippen molar-refractivity contribution in [2.24, 2.45) is 17.8 Å². The zero-order valence-electron chi connectivity index (χ0n) is 10.0. The number of hydrogen-bond donors (Lipinski definition) is 0. The summed E-state index contributed by atoms with van der Waals surface area (Å²) in [6.07, 6.45) is 2.30. The smallest absolute Gasteiger partial charge is 0.226 e. The maximum absolute atomic E-state index is 11.8. The zero-order chi connectivity index (χ0) is 11.4. The summed E-state index contributed by atoms with van der Waals surface area (Å²) < 4.78 is 0. The Labute approximate surface area is 98.0 Å². The van der Waals surface area contributed by atoms with Crippen molar-refractivity contribution in [2.45, 2.75) is 33.6 Å². The standard InChI is InChI=1S/C12H22ClNO/c1-9(2)11-4-6-14(7-5-11)12(15)10(3)8-13/h9-11H,4-8H2,1-3H3. The molecule has 0 radical (unpaired) electrons. The van der Waals surface area contributed by atoms with Gasteiger partial charge in [0, 0.05) is 24.9 Å². The summed E-state index contributed by atoms with van der Waals surface area (Å²) in [4.78, 5) is 13.8. The molecule has 1 atom stereocenters. The van der Waals surface area contributed by atoms with Crippen LogP contribution in [-0.2, 0) is 4.79 Å². The third-order valence-electron chi connectivity index (χ3n) is 3.45.